The first-order valence-electron chi connectivity index (χ1n) is 4.12. The third kappa shape index (κ3) is 5.83. The van der Waals surface area contributed by atoms with Gasteiger partial charge in [-0.1, -0.05) is 38.3 Å². The van der Waals surface area contributed by atoms with E-state index in [0.717, 1.165) is 12.8 Å². The van der Waals surface area contributed by atoms with E-state index in [1.807, 2.05) is 19.1 Å². The molecule has 0 rings (SSSR count). The van der Waals surface area contributed by atoms with Gasteiger partial charge in [0.2, 0.25) is 0 Å². The van der Waals surface area contributed by atoms with Crippen LogP contribution in [0.5, 0.6) is 0 Å². The highest BCUT2D eigenvalue weighted by molar-refractivity contribution is 4.84. The first-order valence-corrected chi connectivity index (χ1v) is 4.12. The molecule has 1 heteroatoms. The Bertz CT molecular complexity index is 86.7. The predicted octanol–water partition coefficient (Wildman–Crippen LogP) is 2.50. The molecule has 0 aromatic heterocycles. The second-order valence-electron chi connectivity index (χ2n) is 2.59. The van der Waals surface area contributed by atoms with Crippen LogP contribution in [0.2, 0.25) is 0 Å². The molecule has 0 bridgehead atoms. The van der Waals surface area contributed by atoms with Gasteiger partial charge in [-0.25, -0.2) is 0 Å². The standard InChI is InChI=1S/C9H18O/c1-3-5-6-8-9(10)7-4-2/h4,7,9-10H,3,5-6,8H2,1-2H3/b7-4+. The van der Waals surface area contributed by atoms with Gasteiger partial charge >= 0.3 is 0 Å². The Morgan fingerprint density at radius 2 is 2.10 bits per heavy atom. The highest BCUT2D eigenvalue weighted by Crippen LogP contribution is 2.03. The topological polar surface area (TPSA) is 20.2 Å². The van der Waals surface area contributed by atoms with Crippen LogP contribution in [0.4, 0.5) is 0 Å². The molecule has 0 radical (unpaired) electrons. The SMILES string of the molecule is C/C=C/C(O)CCCCC. The Labute approximate surface area is 63.8 Å². The van der Waals surface area contributed by atoms with E-state index in [1.54, 1.807) is 0 Å². The molecule has 0 saturated carbocycles. The Hall–Kier alpha value is -0.300. The number of unbranched alkanes of at least 4 members (excludes halogenated alkanes) is 2. The summed E-state index contributed by atoms with van der Waals surface area (Å²) in [6, 6.07) is 0. The third-order valence-corrected chi connectivity index (χ3v) is 1.52. The molecule has 0 amide bonds. The van der Waals surface area contributed by atoms with Crippen LogP contribution in [0.1, 0.15) is 39.5 Å². The van der Waals surface area contributed by atoms with Crippen molar-refractivity contribution in [3.8, 4) is 0 Å². The summed E-state index contributed by atoms with van der Waals surface area (Å²) in [5.41, 5.74) is 0. The van der Waals surface area contributed by atoms with Crippen molar-refractivity contribution >= 4 is 0 Å². The molecule has 0 heterocycles. The van der Waals surface area contributed by atoms with E-state index in [4.69, 9.17) is 0 Å². The van der Waals surface area contributed by atoms with Gasteiger partial charge in [0.1, 0.15) is 0 Å². The Morgan fingerprint density at radius 3 is 2.60 bits per heavy atom. The number of allylic oxidation sites excluding steroid dienone is 1. The molecule has 1 N–H and O–H groups in total. The maximum Gasteiger partial charge on any atom is 0.0720 e. The van der Waals surface area contributed by atoms with Crippen LogP contribution < -0.4 is 0 Å². The molecule has 1 unspecified atom stereocenters. The maximum atomic E-state index is 9.19. The number of hydrogen-bond acceptors (Lipinski definition) is 1. The van der Waals surface area contributed by atoms with Crippen molar-refractivity contribution in [2.24, 2.45) is 0 Å². The summed E-state index contributed by atoms with van der Waals surface area (Å²) in [5, 5.41) is 9.19. The number of rotatable bonds is 5. The Balaban J connectivity index is 3.13. The van der Waals surface area contributed by atoms with Crippen molar-refractivity contribution in [1.82, 2.24) is 0 Å². The summed E-state index contributed by atoms with van der Waals surface area (Å²) in [7, 11) is 0. The zero-order valence-corrected chi connectivity index (χ0v) is 7.01. The lowest BCUT2D eigenvalue weighted by Crippen LogP contribution is -2.00. The lowest BCUT2D eigenvalue weighted by Gasteiger charge is -2.02. The first kappa shape index (κ1) is 9.70. The average Bonchev–Trinajstić information content (AvgIpc) is 1.89. The van der Waals surface area contributed by atoms with Crippen LogP contribution in [0, 0.1) is 0 Å². The molecule has 0 aromatic carbocycles. The summed E-state index contributed by atoms with van der Waals surface area (Å²) >= 11 is 0. The molecule has 0 saturated heterocycles. The van der Waals surface area contributed by atoms with Crippen molar-refractivity contribution < 1.29 is 5.11 Å². The van der Waals surface area contributed by atoms with Gasteiger partial charge in [-0.3, -0.25) is 0 Å². The molecule has 0 aromatic rings. The molecule has 0 aliphatic heterocycles. The van der Waals surface area contributed by atoms with Crippen LogP contribution in [0.15, 0.2) is 12.2 Å². The summed E-state index contributed by atoms with van der Waals surface area (Å²) < 4.78 is 0. The van der Waals surface area contributed by atoms with Crippen LogP contribution >= 0.6 is 0 Å². The molecular formula is C9H18O. The third-order valence-electron chi connectivity index (χ3n) is 1.52. The molecule has 1 nitrogen and oxygen atoms in total. The minimum Gasteiger partial charge on any atom is -0.389 e. The molecule has 0 fully saturated rings. The summed E-state index contributed by atoms with van der Waals surface area (Å²) in [6.07, 6.45) is 8.04. The van der Waals surface area contributed by atoms with Gasteiger partial charge in [-0.2, -0.15) is 0 Å². The monoisotopic (exact) mass is 142 g/mol. The van der Waals surface area contributed by atoms with E-state index in [0.29, 0.717) is 0 Å². The largest absolute Gasteiger partial charge is 0.389 e. The summed E-state index contributed by atoms with van der Waals surface area (Å²) in [6.45, 7) is 4.10. The fourth-order valence-electron chi connectivity index (χ4n) is 0.922. The van der Waals surface area contributed by atoms with Crippen molar-refractivity contribution in [2.45, 2.75) is 45.6 Å². The normalized spacial score (nSPS) is 14.3. The zero-order valence-electron chi connectivity index (χ0n) is 7.01. The quantitative estimate of drug-likeness (QED) is 0.462. The van der Waals surface area contributed by atoms with Crippen LogP contribution in [-0.2, 0) is 0 Å². The van der Waals surface area contributed by atoms with Gasteiger partial charge in [0, 0.05) is 0 Å². The van der Waals surface area contributed by atoms with Crippen molar-refractivity contribution in [2.75, 3.05) is 0 Å². The molecular weight excluding hydrogens is 124 g/mol. The highest BCUT2D eigenvalue weighted by Gasteiger charge is 1.95. The Morgan fingerprint density at radius 1 is 1.40 bits per heavy atom. The molecule has 60 valence electrons. The van der Waals surface area contributed by atoms with Crippen molar-refractivity contribution in [3.63, 3.8) is 0 Å². The van der Waals surface area contributed by atoms with Crippen LogP contribution in [-0.4, -0.2) is 11.2 Å². The summed E-state index contributed by atoms with van der Waals surface area (Å²) in [4.78, 5) is 0. The molecule has 1 atom stereocenters. The smallest absolute Gasteiger partial charge is 0.0720 e. The van der Waals surface area contributed by atoms with E-state index in [9.17, 15) is 5.11 Å². The van der Waals surface area contributed by atoms with E-state index in [-0.39, 0.29) is 6.10 Å². The molecule has 0 aliphatic rings. The minimum absolute atomic E-state index is 0.212. The van der Waals surface area contributed by atoms with E-state index >= 15 is 0 Å². The van der Waals surface area contributed by atoms with Gasteiger partial charge < -0.3 is 5.11 Å². The van der Waals surface area contributed by atoms with Crippen LogP contribution in [0.25, 0.3) is 0 Å². The van der Waals surface area contributed by atoms with Gasteiger partial charge in [-0.05, 0) is 13.3 Å². The fourth-order valence-corrected chi connectivity index (χ4v) is 0.922. The molecule has 10 heavy (non-hydrogen) atoms. The number of hydrogen-bond donors (Lipinski definition) is 1. The van der Waals surface area contributed by atoms with Crippen molar-refractivity contribution in [1.29, 1.82) is 0 Å². The lowest BCUT2D eigenvalue weighted by atomic mass is 10.1. The second-order valence-corrected chi connectivity index (χ2v) is 2.59. The summed E-state index contributed by atoms with van der Waals surface area (Å²) in [5.74, 6) is 0. The van der Waals surface area contributed by atoms with Crippen molar-refractivity contribution in [3.05, 3.63) is 12.2 Å². The average molecular weight is 142 g/mol. The van der Waals surface area contributed by atoms with E-state index in [1.165, 1.54) is 12.8 Å². The van der Waals surface area contributed by atoms with E-state index in [2.05, 4.69) is 6.92 Å². The second kappa shape index (κ2) is 6.81. The fraction of sp³-hybridized carbons (Fsp3) is 0.778. The molecule has 0 aliphatic carbocycles. The minimum atomic E-state index is -0.212. The van der Waals surface area contributed by atoms with Gasteiger partial charge in [0.15, 0.2) is 0 Å². The first-order chi connectivity index (χ1) is 4.81. The van der Waals surface area contributed by atoms with Crippen LogP contribution in [0.3, 0.4) is 0 Å². The maximum absolute atomic E-state index is 9.19. The van der Waals surface area contributed by atoms with Gasteiger partial charge in [0.25, 0.3) is 0 Å². The van der Waals surface area contributed by atoms with E-state index < -0.39 is 0 Å². The predicted molar refractivity (Wildman–Crippen MR) is 45.0 cm³/mol. The number of aliphatic hydroxyl groups excluding tert-OH is 1. The number of aliphatic hydroxyl groups is 1. The highest BCUT2D eigenvalue weighted by atomic mass is 16.3. The Kier molecular flexibility index (Phi) is 6.61. The van der Waals surface area contributed by atoms with Gasteiger partial charge in [0.05, 0.1) is 6.10 Å². The van der Waals surface area contributed by atoms with Gasteiger partial charge in [-0.15, -0.1) is 0 Å². The molecule has 0 spiro atoms. The lowest BCUT2D eigenvalue weighted by molar-refractivity contribution is 0.208. The zero-order chi connectivity index (χ0) is 7.82.